The van der Waals surface area contributed by atoms with Crippen LogP contribution >= 0.6 is 0 Å². The maximum Gasteiger partial charge on any atom is 0.336 e. The van der Waals surface area contributed by atoms with E-state index < -0.39 is 30.1 Å². The zero-order chi connectivity index (χ0) is 31.5. The Hall–Kier alpha value is -1.32. The molecule has 6 atom stereocenters. The summed E-state index contributed by atoms with van der Waals surface area (Å²) in [6.07, 6.45) is 20.6. The smallest absolute Gasteiger partial charge is 0.336 e. The van der Waals surface area contributed by atoms with E-state index in [2.05, 4.69) is 6.92 Å². The van der Waals surface area contributed by atoms with Crippen molar-refractivity contribution >= 4 is 11.8 Å². The van der Waals surface area contributed by atoms with Crippen molar-refractivity contribution in [3.8, 4) is 0 Å². The average molecular weight is 611 g/mol. The molecule has 2 aliphatic heterocycles. The van der Waals surface area contributed by atoms with Crippen molar-refractivity contribution in [2.24, 2.45) is 0 Å². The number of aliphatic hydroxyl groups is 4. The van der Waals surface area contributed by atoms with Crippen molar-refractivity contribution in [2.45, 2.75) is 198 Å². The van der Waals surface area contributed by atoms with E-state index in [4.69, 9.17) is 9.47 Å². The van der Waals surface area contributed by atoms with Gasteiger partial charge in [0, 0.05) is 31.8 Å². The summed E-state index contributed by atoms with van der Waals surface area (Å²) >= 11 is 0. The van der Waals surface area contributed by atoms with Gasteiger partial charge < -0.3 is 29.9 Å². The standard InChI is InChI=1S/C35H62O8/c1-3-4-5-6-7-8-9-16-21-30(38)32-23-24-33(42-32)31(39)22-17-11-10-13-18-28(36)19-14-12-15-20-29(37)25-27-26-35(2,41)43-34(27)40/h26,29-33,37-39,41H,3-25H2,1-2H3/t29-,30-,31-,32-,33-,35?/m1/s1. The lowest BCUT2D eigenvalue weighted by Gasteiger charge is -2.22. The SMILES string of the molecule is CCCCCCCCCC[C@@H](O)[C@H]1CC[C@H]([C@H](O)CCCCCCC(=O)CCCCC[C@@H](O)CC2=CC(C)(O)OC2=O)O1. The van der Waals surface area contributed by atoms with Crippen LogP contribution in [0.15, 0.2) is 11.6 Å². The van der Waals surface area contributed by atoms with Crippen LogP contribution in [0.1, 0.15) is 162 Å². The average Bonchev–Trinajstić information content (AvgIpc) is 3.55. The van der Waals surface area contributed by atoms with E-state index in [1.165, 1.54) is 57.9 Å². The number of hydrogen-bond acceptors (Lipinski definition) is 8. The third kappa shape index (κ3) is 16.5. The monoisotopic (exact) mass is 610 g/mol. The molecule has 43 heavy (non-hydrogen) atoms. The first-order valence-electron chi connectivity index (χ1n) is 17.5. The molecule has 0 aromatic rings. The molecule has 1 saturated heterocycles. The fourth-order valence-corrected chi connectivity index (χ4v) is 6.31. The number of ketones is 1. The molecule has 2 rings (SSSR count). The second kappa shape index (κ2) is 21.4. The maximum absolute atomic E-state index is 12.2. The third-order valence-electron chi connectivity index (χ3n) is 8.95. The van der Waals surface area contributed by atoms with Crippen LogP contribution < -0.4 is 0 Å². The summed E-state index contributed by atoms with van der Waals surface area (Å²) in [6, 6.07) is 0. The van der Waals surface area contributed by atoms with E-state index in [-0.39, 0.29) is 24.4 Å². The van der Waals surface area contributed by atoms with Crippen LogP contribution in [-0.2, 0) is 19.1 Å². The predicted octanol–water partition coefficient (Wildman–Crippen LogP) is 6.59. The maximum atomic E-state index is 12.2. The number of Topliss-reactive ketones (excluding diaryl/α,β-unsaturated/α-hetero) is 1. The normalized spacial score (nSPS) is 24.1. The van der Waals surface area contributed by atoms with Gasteiger partial charge in [-0.2, -0.15) is 0 Å². The minimum atomic E-state index is -1.58. The first-order chi connectivity index (χ1) is 20.6. The van der Waals surface area contributed by atoms with E-state index in [0.29, 0.717) is 31.3 Å². The molecule has 0 radical (unpaired) electrons. The van der Waals surface area contributed by atoms with Crippen LogP contribution in [0.3, 0.4) is 0 Å². The summed E-state index contributed by atoms with van der Waals surface area (Å²) in [4.78, 5) is 23.9. The highest BCUT2D eigenvalue weighted by molar-refractivity contribution is 5.91. The zero-order valence-corrected chi connectivity index (χ0v) is 27.1. The zero-order valence-electron chi connectivity index (χ0n) is 27.1. The molecule has 0 aliphatic carbocycles. The second-order valence-electron chi connectivity index (χ2n) is 13.3. The Labute approximate surface area is 260 Å². The van der Waals surface area contributed by atoms with E-state index in [9.17, 15) is 30.0 Å². The highest BCUT2D eigenvalue weighted by Crippen LogP contribution is 2.29. The van der Waals surface area contributed by atoms with Crippen LogP contribution in [0.2, 0.25) is 0 Å². The number of ether oxygens (including phenoxy) is 2. The second-order valence-corrected chi connectivity index (χ2v) is 13.3. The van der Waals surface area contributed by atoms with Gasteiger partial charge in [0.2, 0.25) is 5.79 Å². The van der Waals surface area contributed by atoms with Gasteiger partial charge in [-0.1, -0.05) is 90.4 Å². The predicted molar refractivity (Wildman–Crippen MR) is 168 cm³/mol. The topological polar surface area (TPSA) is 134 Å². The molecular weight excluding hydrogens is 548 g/mol. The first kappa shape index (κ1) is 37.9. The largest absolute Gasteiger partial charge is 0.426 e. The molecule has 2 heterocycles. The molecule has 0 bridgehead atoms. The molecule has 0 saturated carbocycles. The Morgan fingerprint density at radius 1 is 0.791 bits per heavy atom. The molecule has 1 fully saturated rings. The number of aliphatic hydroxyl groups excluding tert-OH is 3. The third-order valence-corrected chi connectivity index (χ3v) is 8.95. The molecular formula is C35H62O8. The highest BCUT2D eigenvalue weighted by Gasteiger charge is 2.35. The Morgan fingerprint density at radius 2 is 1.26 bits per heavy atom. The first-order valence-corrected chi connectivity index (χ1v) is 17.5. The van der Waals surface area contributed by atoms with Crippen LogP contribution in [0.4, 0.5) is 0 Å². The summed E-state index contributed by atoms with van der Waals surface area (Å²) in [5.41, 5.74) is 0.308. The fourth-order valence-electron chi connectivity index (χ4n) is 6.31. The van der Waals surface area contributed by atoms with Crippen molar-refractivity contribution in [1.82, 2.24) is 0 Å². The molecule has 0 amide bonds. The van der Waals surface area contributed by atoms with Gasteiger partial charge in [0.15, 0.2) is 0 Å². The summed E-state index contributed by atoms with van der Waals surface area (Å²) in [6.45, 7) is 3.62. The van der Waals surface area contributed by atoms with Crippen molar-refractivity contribution in [1.29, 1.82) is 0 Å². The van der Waals surface area contributed by atoms with Gasteiger partial charge in [0.05, 0.1) is 30.5 Å². The number of carbonyl (C=O) groups is 2. The number of unbranched alkanes of at least 4 members (excludes halogenated alkanes) is 12. The van der Waals surface area contributed by atoms with Crippen LogP contribution in [0, 0.1) is 0 Å². The van der Waals surface area contributed by atoms with Gasteiger partial charge >= 0.3 is 5.97 Å². The Bertz CT molecular complexity index is 810. The van der Waals surface area contributed by atoms with Crippen molar-refractivity contribution in [3.05, 3.63) is 11.6 Å². The molecule has 4 N–H and O–H groups in total. The number of hydrogen-bond donors (Lipinski definition) is 4. The summed E-state index contributed by atoms with van der Waals surface area (Å²) in [5, 5.41) is 41.0. The summed E-state index contributed by atoms with van der Waals surface area (Å²) in [5.74, 6) is -1.89. The molecule has 8 nitrogen and oxygen atoms in total. The minimum Gasteiger partial charge on any atom is -0.426 e. The molecule has 250 valence electrons. The molecule has 0 aromatic carbocycles. The van der Waals surface area contributed by atoms with Crippen LogP contribution in [0.5, 0.6) is 0 Å². The number of cyclic esters (lactones) is 1. The molecule has 0 spiro atoms. The van der Waals surface area contributed by atoms with Crippen molar-refractivity contribution < 1.29 is 39.5 Å². The quantitative estimate of drug-likeness (QED) is 0.0637. The van der Waals surface area contributed by atoms with Gasteiger partial charge in [-0.3, -0.25) is 4.79 Å². The van der Waals surface area contributed by atoms with E-state index >= 15 is 0 Å². The number of esters is 1. The summed E-state index contributed by atoms with van der Waals surface area (Å²) < 4.78 is 10.8. The lowest BCUT2D eigenvalue weighted by atomic mass is 9.99. The molecule has 0 aromatic heterocycles. The van der Waals surface area contributed by atoms with Gasteiger partial charge in [-0.25, -0.2) is 4.79 Å². The molecule has 1 unspecified atom stereocenters. The fraction of sp³-hybridized carbons (Fsp3) is 0.886. The van der Waals surface area contributed by atoms with Gasteiger partial charge in [-0.15, -0.1) is 0 Å². The van der Waals surface area contributed by atoms with Crippen LogP contribution in [-0.4, -0.2) is 68.5 Å². The Balaban J connectivity index is 1.40. The summed E-state index contributed by atoms with van der Waals surface area (Å²) in [7, 11) is 0. The number of carbonyl (C=O) groups excluding carboxylic acids is 2. The van der Waals surface area contributed by atoms with E-state index in [1.807, 2.05) is 0 Å². The Kier molecular flexibility index (Phi) is 18.9. The van der Waals surface area contributed by atoms with E-state index in [0.717, 1.165) is 70.6 Å². The number of rotatable bonds is 26. The minimum absolute atomic E-state index is 0.144. The van der Waals surface area contributed by atoms with Gasteiger partial charge in [-0.05, 0) is 51.0 Å². The highest BCUT2D eigenvalue weighted by atomic mass is 16.7. The lowest BCUT2D eigenvalue weighted by Crippen LogP contribution is -2.31. The Morgan fingerprint density at radius 3 is 1.77 bits per heavy atom. The molecule has 8 heteroatoms. The molecule has 2 aliphatic rings. The van der Waals surface area contributed by atoms with Gasteiger partial charge in [0.1, 0.15) is 5.78 Å². The van der Waals surface area contributed by atoms with Crippen LogP contribution in [0.25, 0.3) is 0 Å². The van der Waals surface area contributed by atoms with E-state index in [1.54, 1.807) is 0 Å². The van der Waals surface area contributed by atoms with Gasteiger partial charge in [0.25, 0.3) is 0 Å². The van der Waals surface area contributed by atoms with Crippen molar-refractivity contribution in [2.75, 3.05) is 0 Å². The van der Waals surface area contributed by atoms with Crippen molar-refractivity contribution in [3.63, 3.8) is 0 Å². The lowest BCUT2D eigenvalue weighted by molar-refractivity contribution is -0.173.